The van der Waals surface area contributed by atoms with Crippen molar-refractivity contribution >= 4 is 11.3 Å². The molecule has 1 aromatic heterocycles. The lowest BCUT2D eigenvalue weighted by molar-refractivity contribution is 0.120. The van der Waals surface area contributed by atoms with Crippen LogP contribution in [0.15, 0.2) is 5.51 Å². The highest BCUT2D eigenvalue weighted by atomic mass is 32.1. The van der Waals surface area contributed by atoms with E-state index in [4.69, 9.17) is 0 Å². The van der Waals surface area contributed by atoms with Crippen LogP contribution in [0.4, 0.5) is 0 Å². The van der Waals surface area contributed by atoms with Crippen LogP contribution in [0.25, 0.3) is 0 Å². The Hall–Kier alpha value is -0.490. The molecule has 0 aliphatic carbocycles. The number of nitrogens with zero attached hydrogens (tertiary/aromatic N) is 3. The van der Waals surface area contributed by atoms with Crippen LogP contribution in [0.2, 0.25) is 0 Å². The Labute approximate surface area is 125 Å². The molecule has 0 spiro atoms. The van der Waals surface area contributed by atoms with Gasteiger partial charge >= 0.3 is 0 Å². The first kappa shape index (κ1) is 14.4. The molecule has 3 rings (SSSR count). The molecule has 2 atom stereocenters. The predicted octanol–water partition coefficient (Wildman–Crippen LogP) is 1.87. The molecule has 1 aromatic rings. The maximum atomic E-state index is 9.46. The van der Waals surface area contributed by atoms with Crippen LogP contribution >= 0.6 is 11.3 Å². The number of hydrogen-bond acceptors (Lipinski definition) is 5. The molecule has 0 amide bonds. The summed E-state index contributed by atoms with van der Waals surface area (Å²) >= 11 is 1.78. The standard InChI is InChI=1S/C15H25N3OS/c1-12-15(20-11-16-12)9-18-7-2-4-13(18)8-17-6-3-5-14(17)10-19/h11,13-14,19H,2-10H2,1H3/t13-,14-/m1/s1. The SMILES string of the molecule is Cc1ncsc1CN1CCC[C@@H]1CN1CCC[C@@H]1CO. The summed E-state index contributed by atoms with van der Waals surface area (Å²) in [4.78, 5) is 10.9. The number of likely N-dealkylation sites (tertiary alicyclic amines) is 2. The third-order valence-corrected chi connectivity index (χ3v) is 5.77. The van der Waals surface area contributed by atoms with Crippen LogP contribution in [0.1, 0.15) is 36.3 Å². The van der Waals surface area contributed by atoms with E-state index >= 15 is 0 Å². The normalized spacial score (nSPS) is 28.5. The quantitative estimate of drug-likeness (QED) is 0.900. The van der Waals surface area contributed by atoms with E-state index in [9.17, 15) is 5.11 Å². The van der Waals surface area contributed by atoms with E-state index < -0.39 is 0 Å². The van der Waals surface area contributed by atoms with Crippen LogP contribution in [0, 0.1) is 6.92 Å². The van der Waals surface area contributed by atoms with Crippen LogP contribution in [-0.4, -0.2) is 58.2 Å². The van der Waals surface area contributed by atoms with Crippen molar-refractivity contribution in [2.45, 2.75) is 51.2 Å². The van der Waals surface area contributed by atoms with Crippen LogP contribution in [0.3, 0.4) is 0 Å². The topological polar surface area (TPSA) is 39.6 Å². The van der Waals surface area contributed by atoms with Crippen molar-refractivity contribution in [2.75, 3.05) is 26.2 Å². The van der Waals surface area contributed by atoms with Gasteiger partial charge in [-0.1, -0.05) is 0 Å². The van der Waals surface area contributed by atoms with Crippen molar-refractivity contribution in [3.05, 3.63) is 16.1 Å². The predicted molar refractivity (Wildman–Crippen MR) is 82.0 cm³/mol. The van der Waals surface area contributed by atoms with Crippen molar-refractivity contribution < 1.29 is 5.11 Å². The Morgan fingerprint density at radius 2 is 2.00 bits per heavy atom. The first-order valence-electron chi connectivity index (χ1n) is 7.76. The zero-order valence-corrected chi connectivity index (χ0v) is 13.1. The lowest BCUT2D eigenvalue weighted by atomic mass is 10.2. The van der Waals surface area contributed by atoms with Gasteiger partial charge in [0.05, 0.1) is 17.8 Å². The fourth-order valence-electron chi connectivity index (χ4n) is 3.59. The molecule has 5 heteroatoms. The zero-order valence-electron chi connectivity index (χ0n) is 12.3. The van der Waals surface area contributed by atoms with Gasteiger partial charge in [0.25, 0.3) is 0 Å². The largest absolute Gasteiger partial charge is 0.395 e. The number of rotatable bonds is 5. The molecule has 2 aliphatic heterocycles. The molecule has 1 N–H and O–H groups in total. The highest BCUT2D eigenvalue weighted by Gasteiger charge is 2.31. The van der Waals surface area contributed by atoms with Crippen molar-refractivity contribution in [3.8, 4) is 0 Å². The van der Waals surface area contributed by atoms with E-state index in [-0.39, 0.29) is 0 Å². The minimum absolute atomic E-state index is 0.320. The van der Waals surface area contributed by atoms with Gasteiger partial charge < -0.3 is 5.11 Å². The highest BCUT2D eigenvalue weighted by molar-refractivity contribution is 7.09. The highest BCUT2D eigenvalue weighted by Crippen LogP contribution is 2.26. The van der Waals surface area contributed by atoms with Gasteiger partial charge in [-0.25, -0.2) is 4.98 Å². The molecule has 3 heterocycles. The molecule has 0 unspecified atom stereocenters. The number of aryl methyl sites for hydroxylation is 1. The fourth-order valence-corrected chi connectivity index (χ4v) is 4.39. The minimum Gasteiger partial charge on any atom is -0.395 e. The van der Waals surface area contributed by atoms with Gasteiger partial charge in [-0.2, -0.15) is 0 Å². The lowest BCUT2D eigenvalue weighted by Crippen LogP contribution is -2.43. The van der Waals surface area contributed by atoms with Crippen molar-refractivity contribution in [3.63, 3.8) is 0 Å². The summed E-state index contributed by atoms with van der Waals surface area (Å²) in [5.41, 5.74) is 3.15. The molecule has 4 nitrogen and oxygen atoms in total. The van der Waals surface area contributed by atoms with E-state index in [1.807, 2.05) is 5.51 Å². The van der Waals surface area contributed by atoms with Crippen LogP contribution in [0.5, 0.6) is 0 Å². The van der Waals surface area contributed by atoms with E-state index in [1.54, 1.807) is 11.3 Å². The van der Waals surface area contributed by atoms with Crippen molar-refractivity contribution in [2.24, 2.45) is 0 Å². The van der Waals surface area contributed by atoms with Crippen LogP contribution in [-0.2, 0) is 6.54 Å². The summed E-state index contributed by atoms with van der Waals surface area (Å²) in [6, 6.07) is 1.06. The molecule has 2 fully saturated rings. The summed E-state index contributed by atoms with van der Waals surface area (Å²) in [5, 5.41) is 9.46. The summed E-state index contributed by atoms with van der Waals surface area (Å²) in [5.74, 6) is 0. The second-order valence-electron chi connectivity index (χ2n) is 6.10. The molecule has 0 radical (unpaired) electrons. The van der Waals surface area contributed by atoms with E-state index in [2.05, 4.69) is 21.7 Å². The molecule has 2 saturated heterocycles. The van der Waals surface area contributed by atoms with Gasteiger partial charge in [-0.3, -0.25) is 9.80 Å². The van der Waals surface area contributed by atoms with Crippen LogP contribution < -0.4 is 0 Å². The Morgan fingerprint density at radius 3 is 2.70 bits per heavy atom. The molecular weight excluding hydrogens is 270 g/mol. The van der Waals surface area contributed by atoms with Crippen molar-refractivity contribution in [1.82, 2.24) is 14.8 Å². The second kappa shape index (κ2) is 6.52. The monoisotopic (exact) mass is 295 g/mol. The van der Waals surface area contributed by atoms with Gasteiger partial charge in [0.15, 0.2) is 0 Å². The molecule has 0 aromatic carbocycles. The number of aliphatic hydroxyl groups is 1. The summed E-state index contributed by atoms with van der Waals surface area (Å²) in [6.45, 7) is 6.98. The second-order valence-corrected chi connectivity index (χ2v) is 7.04. The average molecular weight is 295 g/mol. The van der Waals surface area contributed by atoms with Gasteiger partial charge in [0, 0.05) is 30.1 Å². The molecule has 20 heavy (non-hydrogen) atoms. The lowest BCUT2D eigenvalue weighted by Gasteiger charge is -2.31. The third kappa shape index (κ3) is 3.06. The van der Waals surface area contributed by atoms with Gasteiger partial charge in [-0.05, 0) is 45.7 Å². The molecule has 0 saturated carbocycles. The number of hydrogen-bond donors (Lipinski definition) is 1. The minimum atomic E-state index is 0.320. The Bertz CT molecular complexity index is 437. The number of aromatic nitrogens is 1. The molecule has 112 valence electrons. The Balaban J connectivity index is 1.59. The number of thiazole rings is 1. The maximum absolute atomic E-state index is 9.46. The molecule has 0 bridgehead atoms. The Morgan fingerprint density at radius 1 is 1.25 bits per heavy atom. The third-order valence-electron chi connectivity index (χ3n) is 4.85. The summed E-state index contributed by atoms with van der Waals surface area (Å²) < 4.78 is 0. The van der Waals surface area contributed by atoms with E-state index in [0.29, 0.717) is 18.7 Å². The average Bonchev–Trinajstić information content (AvgIpc) is 3.15. The summed E-state index contributed by atoms with van der Waals surface area (Å²) in [6.07, 6.45) is 5.01. The van der Waals surface area contributed by atoms with Gasteiger partial charge in [-0.15, -0.1) is 11.3 Å². The van der Waals surface area contributed by atoms with Gasteiger partial charge in [0.1, 0.15) is 0 Å². The number of aliphatic hydroxyl groups excluding tert-OH is 1. The van der Waals surface area contributed by atoms with Crippen molar-refractivity contribution in [1.29, 1.82) is 0 Å². The molecular formula is C15H25N3OS. The van der Waals surface area contributed by atoms with Gasteiger partial charge in [0.2, 0.25) is 0 Å². The van der Waals surface area contributed by atoms with E-state index in [0.717, 1.165) is 26.1 Å². The Kier molecular flexibility index (Phi) is 4.71. The first-order valence-corrected chi connectivity index (χ1v) is 8.64. The maximum Gasteiger partial charge on any atom is 0.0798 e. The zero-order chi connectivity index (χ0) is 13.9. The smallest absolute Gasteiger partial charge is 0.0798 e. The molecule has 2 aliphatic rings. The fraction of sp³-hybridized carbons (Fsp3) is 0.800. The van der Waals surface area contributed by atoms with E-state index in [1.165, 1.54) is 36.4 Å². The summed E-state index contributed by atoms with van der Waals surface area (Å²) in [7, 11) is 0. The first-order chi connectivity index (χ1) is 9.78.